The lowest BCUT2D eigenvalue weighted by Gasteiger charge is -2.35. The summed E-state index contributed by atoms with van der Waals surface area (Å²) in [6, 6.07) is 17.1. The molecule has 2 amide bonds. The van der Waals surface area contributed by atoms with Crippen molar-refractivity contribution in [1.82, 2.24) is 25.2 Å². The van der Waals surface area contributed by atoms with Gasteiger partial charge in [-0.1, -0.05) is 23.7 Å². The second kappa shape index (κ2) is 9.71. The minimum Gasteiger partial charge on any atom is -0.368 e. The maximum absolute atomic E-state index is 13.3. The van der Waals surface area contributed by atoms with Crippen LogP contribution in [0, 0.1) is 5.82 Å². The molecule has 0 radical (unpaired) electrons. The van der Waals surface area contributed by atoms with E-state index >= 15 is 0 Å². The van der Waals surface area contributed by atoms with Gasteiger partial charge in [-0.25, -0.2) is 19.2 Å². The number of hydrogen-bond acceptors (Lipinski definition) is 6. The minimum atomic E-state index is -0.304. The highest BCUT2D eigenvalue weighted by molar-refractivity contribution is 6.30. The van der Waals surface area contributed by atoms with Gasteiger partial charge in [-0.3, -0.25) is 0 Å². The number of rotatable bonds is 4. The molecule has 4 aromatic rings. The number of pyridine rings is 1. The Hall–Kier alpha value is -3.98. The summed E-state index contributed by atoms with van der Waals surface area (Å²) in [5.74, 6) is 0.478. The van der Waals surface area contributed by atoms with Crippen molar-refractivity contribution in [2.75, 3.05) is 36.8 Å². The molecule has 1 aliphatic heterocycles. The van der Waals surface area contributed by atoms with Crippen molar-refractivity contribution in [3.8, 4) is 11.3 Å². The molecule has 10 heteroatoms. The number of nitrogens with two attached hydrogens (primary N) is 1. The quantitative estimate of drug-likeness (QED) is 0.446. The van der Waals surface area contributed by atoms with Gasteiger partial charge in [0.1, 0.15) is 11.3 Å². The van der Waals surface area contributed by atoms with E-state index in [1.807, 2.05) is 24.3 Å². The van der Waals surface area contributed by atoms with Gasteiger partial charge in [-0.05, 0) is 54.1 Å². The molecule has 3 heterocycles. The minimum absolute atomic E-state index is 0.122. The van der Waals surface area contributed by atoms with Crippen molar-refractivity contribution in [2.45, 2.75) is 6.54 Å². The van der Waals surface area contributed by atoms with E-state index in [4.69, 9.17) is 22.3 Å². The highest BCUT2D eigenvalue weighted by atomic mass is 35.5. The molecule has 0 saturated carbocycles. The second-order valence-electron chi connectivity index (χ2n) is 8.24. The molecule has 1 fully saturated rings. The van der Waals surface area contributed by atoms with Gasteiger partial charge in [-0.15, -0.1) is 0 Å². The van der Waals surface area contributed by atoms with Crippen LogP contribution in [-0.2, 0) is 6.54 Å². The summed E-state index contributed by atoms with van der Waals surface area (Å²) < 4.78 is 13.3. The van der Waals surface area contributed by atoms with E-state index in [0.717, 1.165) is 11.1 Å². The molecule has 2 aromatic carbocycles. The SMILES string of the molecule is Nc1nc(N2CCN(C(=O)NCc3ccc(Cl)cc3)CC2)c2nc(-c3ccc(F)cc3)ccc2n1. The first-order valence-corrected chi connectivity index (χ1v) is 11.6. The second-order valence-corrected chi connectivity index (χ2v) is 8.67. The molecule has 0 aliphatic carbocycles. The van der Waals surface area contributed by atoms with Crippen LogP contribution < -0.4 is 16.0 Å². The summed E-state index contributed by atoms with van der Waals surface area (Å²) in [5.41, 5.74) is 9.67. The van der Waals surface area contributed by atoms with Gasteiger partial charge < -0.3 is 20.9 Å². The summed E-state index contributed by atoms with van der Waals surface area (Å²) >= 11 is 5.92. The number of urea groups is 1. The van der Waals surface area contributed by atoms with E-state index in [0.29, 0.717) is 60.3 Å². The lowest BCUT2D eigenvalue weighted by molar-refractivity contribution is 0.194. The van der Waals surface area contributed by atoms with Crippen LogP contribution in [0.25, 0.3) is 22.3 Å². The number of aromatic nitrogens is 3. The summed E-state index contributed by atoms with van der Waals surface area (Å²) in [6.07, 6.45) is 0. The number of nitrogen functional groups attached to an aromatic ring is 1. The predicted octanol–water partition coefficient (Wildman–Crippen LogP) is 4.10. The van der Waals surface area contributed by atoms with Gasteiger partial charge in [-0.2, -0.15) is 4.98 Å². The molecule has 178 valence electrons. The van der Waals surface area contributed by atoms with E-state index in [9.17, 15) is 9.18 Å². The Morgan fingerprint density at radius 2 is 1.66 bits per heavy atom. The zero-order valence-electron chi connectivity index (χ0n) is 18.8. The maximum Gasteiger partial charge on any atom is 0.317 e. The van der Waals surface area contributed by atoms with Crippen LogP contribution in [0.2, 0.25) is 5.02 Å². The molecule has 0 spiro atoms. The first kappa shape index (κ1) is 22.8. The average Bonchev–Trinajstić information content (AvgIpc) is 2.88. The normalized spacial score (nSPS) is 13.8. The Bertz CT molecular complexity index is 1360. The van der Waals surface area contributed by atoms with Crippen LogP contribution in [0.5, 0.6) is 0 Å². The molecule has 1 aliphatic rings. The summed E-state index contributed by atoms with van der Waals surface area (Å²) in [7, 11) is 0. The standard InChI is InChI=1S/C25H23ClFN7O/c26-18-5-1-16(2-6-18)15-29-25(35)34-13-11-33(12-14-34)23-22-21(31-24(28)32-23)10-9-20(30-22)17-3-7-19(27)8-4-17/h1-10H,11-15H2,(H,29,35)(H2,28,31,32). The number of nitrogens with one attached hydrogen (secondary N) is 1. The third-order valence-corrected chi connectivity index (χ3v) is 6.16. The van der Waals surface area contributed by atoms with Crippen LogP contribution >= 0.6 is 11.6 Å². The number of piperazine rings is 1. The summed E-state index contributed by atoms with van der Waals surface area (Å²) in [5, 5.41) is 3.61. The van der Waals surface area contributed by atoms with Gasteiger partial charge in [0, 0.05) is 43.3 Å². The number of amides is 2. The molecular formula is C25H23ClFN7O. The molecule has 3 N–H and O–H groups in total. The Balaban J connectivity index is 1.30. The van der Waals surface area contributed by atoms with Gasteiger partial charge in [0.05, 0.1) is 11.2 Å². The van der Waals surface area contributed by atoms with Gasteiger partial charge in [0.15, 0.2) is 5.82 Å². The largest absolute Gasteiger partial charge is 0.368 e. The molecular weight excluding hydrogens is 469 g/mol. The Kier molecular flexibility index (Phi) is 6.33. The Morgan fingerprint density at radius 1 is 0.943 bits per heavy atom. The van der Waals surface area contributed by atoms with Crippen LogP contribution in [0.1, 0.15) is 5.56 Å². The number of benzene rings is 2. The number of carbonyl (C=O) groups is 1. The lowest BCUT2D eigenvalue weighted by atomic mass is 10.1. The van der Waals surface area contributed by atoms with E-state index in [1.165, 1.54) is 12.1 Å². The fourth-order valence-corrected chi connectivity index (χ4v) is 4.16. The Morgan fingerprint density at radius 3 is 2.37 bits per heavy atom. The Labute approximate surface area is 206 Å². The smallest absolute Gasteiger partial charge is 0.317 e. The maximum atomic E-state index is 13.3. The van der Waals surface area contributed by atoms with Crippen LogP contribution in [0.3, 0.4) is 0 Å². The van der Waals surface area contributed by atoms with Gasteiger partial charge in [0.25, 0.3) is 0 Å². The lowest BCUT2D eigenvalue weighted by Crippen LogP contribution is -2.52. The molecule has 0 bridgehead atoms. The molecule has 8 nitrogen and oxygen atoms in total. The number of halogens is 2. The zero-order valence-corrected chi connectivity index (χ0v) is 19.5. The number of fused-ring (bicyclic) bond motifs is 1. The number of nitrogens with zero attached hydrogens (tertiary/aromatic N) is 5. The van der Waals surface area contributed by atoms with Crippen molar-refractivity contribution in [2.24, 2.45) is 0 Å². The number of hydrogen-bond donors (Lipinski definition) is 2. The zero-order chi connectivity index (χ0) is 24.4. The van der Waals surface area contributed by atoms with E-state index < -0.39 is 0 Å². The van der Waals surface area contributed by atoms with Crippen LogP contribution in [0.4, 0.5) is 21.0 Å². The monoisotopic (exact) mass is 491 g/mol. The van der Waals surface area contributed by atoms with E-state index in [-0.39, 0.29) is 17.8 Å². The van der Waals surface area contributed by atoms with Crippen molar-refractivity contribution >= 4 is 40.4 Å². The van der Waals surface area contributed by atoms with Crippen LogP contribution in [0.15, 0.2) is 60.7 Å². The molecule has 1 saturated heterocycles. The molecule has 2 aromatic heterocycles. The molecule has 5 rings (SSSR count). The number of anilines is 2. The van der Waals surface area contributed by atoms with Crippen molar-refractivity contribution < 1.29 is 9.18 Å². The summed E-state index contributed by atoms with van der Waals surface area (Å²) in [4.78, 5) is 30.0. The summed E-state index contributed by atoms with van der Waals surface area (Å²) in [6.45, 7) is 2.62. The first-order chi connectivity index (χ1) is 17.0. The van der Waals surface area contributed by atoms with Crippen molar-refractivity contribution in [3.05, 3.63) is 77.1 Å². The predicted molar refractivity (Wildman–Crippen MR) is 135 cm³/mol. The highest BCUT2D eigenvalue weighted by Crippen LogP contribution is 2.27. The molecule has 0 atom stereocenters. The van der Waals surface area contributed by atoms with Gasteiger partial charge in [0.2, 0.25) is 5.95 Å². The fraction of sp³-hybridized carbons (Fsp3) is 0.200. The molecule has 0 unspecified atom stereocenters. The van der Waals surface area contributed by atoms with Crippen molar-refractivity contribution in [3.63, 3.8) is 0 Å². The molecule has 35 heavy (non-hydrogen) atoms. The van der Waals surface area contributed by atoms with Gasteiger partial charge >= 0.3 is 6.03 Å². The highest BCUT2D eigenvalue weighted by Gasteiger charge is 2.24. The van der Waals surface area contributed by atoms with Crippen molar-refractivity contribution in [1.29, 1.82) is 0 Å². The number of carbonyl (C=O) groups excluding carboxylic acids is 1. The first-order valence-electron chi connectivity index (χ1n) is 11.2. The third-order valence-electron chi connectivity index (χ3n) is 5.90. The fourth-order valence-electron chi connectivity index (χ4n) is 4.03. The van der Waals surface area contributed by atoms with Crippen LogP contribution in [-0.4, -0.2) is 52.1 Å². The van der Waals surface area contributed by atoms with E-state index in [1.54, 1.807) is 29.2 Å². The topological polar surface area (TPSA) is 100 Å². The average molecular weight is 492 g/mol. The third kappa shape index (κ3) is 5.09. The van der Waals surface area contributed by atoms with E-state index in [2.05, 4.69) is 20.2 Å².